The Balaban J connectivity index is 2.52. The summed E-state index contributed by atoms with van der Waals surface area (Å²) in [6.07, 6.45) is 1.21. The molecule has 0 aliphatic heterocycles. The van der Waals surface area contributed by atoms with Crippen LogP contribution in [0.5, 0.6) is 0 Å². The summed E-state index contributed by atoms with van der Waals surface area (Å²) in [5.41, 5.74) is 2.82. The molecule has 0 heterocycles. The molecular weight excluding hydrogens is 194 g/mol. The Labute approximate surface area is 100 Å². The van der Waals surface area contributed by atoms with Crippen LogP contribution in [0, 0.1) is 12.8 Å². The van der Waals surface area contributed by atoms with Crippen LogP contribution in [0.3, 0.4) is 0 Å². The smallest absolute Gasteiger partial charge is 0.00174 e. The minimum absolute atomic E-state index is 0.629. The number of hydrogen-bond acceptors (Lipinski definition) is 1. The van der Waals surface area contributed by atoms with Gasteiger partial charge in [0, 0.05) is 0 Å². The first-order chi connectivity index (χ1) is 7.65. The lowest BCUT2D eigenvalue weighted by atomic mass is 9.88. The van der Waals surface area contributed by atoms with Crippen molar-refractivity contribution in [2.45, 2.75) is 40.0 Å². The molecule has 0 amide bonds. The van der Waals surface area contributed by atoms with E-state index in [0.717, 1.165) is 13.1 Å². The van der Waals surface area contributed by atoms with Crippen LogP contribution in [0.2, 0.25) is 0 Å². The van der Waals surface area contributed by atoms with Crippen LogP contribution in [0.1, 0.15) is 44.2 Å². The molecule has 1 nitrogen and oxygen atoms in total. The van der Waals surface area contributed by atoms with Gasteiger partial charge in [0.25, 0.3) is 0 Å². The highest BCUT2D eigenvalue weighted by atomic mass is 14.8. The maximum Gasteiger partial charge on any atom is -0.00174 e. The molecule has 1 rings (SSSR count). The monoisotopic (exact) mass is 219 g/mol. The quantitative estimate of drug-likeness (QED) is 0.719. The fraction of sp³-hybridized carbons (Fsp3) is 0.600. The average Bonchev–Trinajstić information content (AvgIpc) is 2.28. The molecular formula is C15H25N. The molecule has 1 N–H and O–H groups in total. The van der Waals surface area contributed by atoms with E-state index in [0.29, 0.717) is 11.8 Å². The van der Waals surface area contributed by atoms with Gasteiger partial charge in [0.2, 0.25) is 0 Å². The van der Waals surface area contributed by atoms with E-state index >= 15 is 0 Å². The second-order valence-electron chi connectivity index (χ2n) is 4.88. The van der Waals surface area contributed by atoms with Gasteiger partial charge in [0.05, 0.1) is 0 Å². The van der Waals surface area contributed by atoms with E-state index < -0.39 is 0 Å². The van der Waals surface area contributed by atoms with E-state index in [4.69, 9.17) is 0 Å². The summed E-state index contributed by atoms with van der Waals surface area (Å²) in [4.78, 5) is 0. The Morgan fingerprint density at radius 1 is 1.25 bits per heavy atom. The summed E-state index contributed by atoms with van der Waals surface area (Å²) in [5, 5.41) is 3.50. The zero-order valence-electron chi connectivity index (χ0n) is 11.1. The lowest BCUT2D eigenvalue weighted by Crippen LogP contribution is -2.25. The second kappa shape index (κ2) is 6.70. The maximum absolute atomic E-state index is 3.50. The molecule has 2 atom stereocenters. The number of aryl methyl sites for hydroxylation is 1. The summed E-state index contributed by atoms with van der Waals surface area (Å²) in [6, 6.07) is 8.87. The molecule has 1 heteroatoms. The molecule has 0 aromatic heterocycles. The minimum Gasteiger partial charge on any atom is -0.316 e. The Kier molecular flexibility index (Phi) is 5.54. The van der Waals surface area contributed by atoms with Gasteiger partial charge in [-0.3, -0.25) is 0 Å². The predicted octanol–water partition coefficient (Wildman–Crippen LogP) is 3.73. The SMILES string of the molecule is CCCNCC(C)C(C)c1cccc(C)c1. The summed E-state index contributed by atoms with van der Waals surface area (Å²) < 4.78 is 0. The molecule has 2 unspecified atom stereocenters. The third-order valence-electron chi connectivity index (χ3n) is 3.31. The highest BCUT2D eigenvalue weighted by molar-refractivity contribution is 5.25. The van der Waals surface area contributed by atoms with E-state index in [1.54, 1.807) is 0 Å². The largest absolute Gasteiger partial charge is 0.316 e. The lowest BCUT2D eigenvalue weighted by molar-refractivity contribution is 0.448. The molecule has 0 saturated carbocycles. The molecule has 0 spiro atoms. The van der Waals surface area contributed by atoms with Crippen LogP contribution in [-0.4, -0.2) is 13.1 Å². The van der Waals surface area contributed by atoms with Gasteiger partial charge in [-0.1, -0.05) is 50.6 Å². The number of benzene rings is 1. The molecule has 0 fully saturated rings. The van der Waals surface area contributed by atoms with E-state index in [-0.39, 0.29) is 0 Å². The second-order valence-corrected chi connectivity index (χ2v) is 4.88. The summed E-state index contributed by atoms with van der Waals surface area (Å²) in [6.45, 7) is 11.3. The van der Waals surface area contributed by atoms with Gasteiger partial charge in [-0.05, 0) is 43.8 Å². The average molecular weight is 219 g/mol. The van der Waals surface area contributed by atoms with Gasteiger partial charge in [-0.15, -0.1) is 0 Å². The molecule has 16 heavy (non-hydrogen) atoms. The number of rotatable bonds is 6. The Morgan fingerprint density at radius 3 is 2.62 bits per heavy atom. The molecule has 0 radical (unpaired) electrons. The van der Waals surface area contributed by atoms with Crippen LogP contribution < -0.4 is 5.32 Å². The predicted molar refractivity (Wildman–Crippen MR) is 71.9 cm³/mol. The molecule has 0 aliphatic rings. The van der Waals surface area contributed by atoms with E-state index in [1.807, 2.05) is 0 Å². The molecule has 0 aliphatic carbocycles. The van der Waals surface area contributed by atoms with Gasteiger partial charge < -0.3 is 5.32 Å². The highest BCUT2D eigenvalue weighted by Gasteiger charge is 2.13. The minimum atomic E-state index is 0.629. The first-order valence-corrected chi connectivity index (χ1v) is 6.42. The van der Waals surface area contributed by atoms with Gasteiger partial charge in [0.1, 0.15) is 0 Å². The highest BCUT2D eigenvalue weighted by Crippen LogP contribution is 2.24. The van der Waals surface area contributed by atoms with Crippen LogP contribution >= 0.6 is 0 Å². The van der Waals surface area contributed by atoms with Gasteiger partial charge in [0.15, 0.2) is 0 Å². The Hall–Kier alpha value is -0.820. The topological polar surface area (TPSA) is 12.0 Å². The van der Waals surface area contributed by atoms with Crippen molar-refractivity contribution in [2.75, 3.05) is 13.1 Å². The van der Waals surface area contributed by atoms with Crippen molar-refractivity contribution in [1.29, 1.82) is 0 Å². The Bertz CT molecular complexity index is 306. The first-order valence-electron chi connectivity index (χ1n) is 6.42. The number of hydrogen-bond donors (Lipinski definition) is 1. The lowest BCUT2D eigenvalue weighted by Gasteiger charge is -2.21. The van der Waals surface area contributed by atoms with Crippen LogP contribution in [0.25, 0.3) is 0 Å². The standard InChI is InChI=1S/C15H25N/c1-5-9-16-11-13(3)14(4)15-8-6-7-12(2)10-15/h6-8,10,13-14,16H,5,9,11H2,1-4H3. The third-order valence-corrected chi connectivity index (χ3v) is 3.31. The van der Waals surface area contributed by atoms with Crippen molar-refractivity contribution in [2.24, 2.45) is 5.92 Å². The van der Waals surface area contributed by atoms with Crippen molar-refractivity contribution >= 4 is 0 Å². The van der Waals surface area contributed by atoms with Crippen molar-refractivity contribution in [3.63, 3.8) is 0 Å². The molecule has 1 aromatic rings. The fourth-order valence-corrected chi connectivity index (χ4v) is 1.97. The molecule has 0 saturated heterocycles. The molecule has 1 aromatic carbocycles. The zero-order valence-corrected chi connectivity index (χ0v) is 11.1. The van der Waals surface area contributed by atoms with Gasteiger partial charge in [-0.2, -0.15) is 0 Å². The van der Waals surface area contributed by atoms with E-state index in [1.165, 1.54) is 17.5 Å². The summed E-state index contributed by atoms with van der Waals surface area (Å²) in [5.74, 6) is 1.32. The maximum atomic E-state index is 3.50. The van der Waals surface area contributed by atoms with Crippen LogP contribution in [0.4, 0.5) is 0 Å². The Morgan fingerprint density at radius 2 is 2.00 bits per heavy atom. The summed E-state index contributed by atoms with van der Waals surface area (Å²) in [7, 11) is 0. The molecule has 90 valence electrons. The fourth-order valence-electron chi connectivity index (χ4n) is 1.97. The van der Waals surface area contributed by atoms with Crippen molar-refractivity contribution in [1.82, 2.24) is 5.32 Å². The van der Waals surface area contributed by atoms with E-state index in [2.05, 4.69) is 57.3 Å². The van der Waals surface area contributed by atoms with Crippen LogP contribution in [-0.2, 0) is 0 Å². The third kappa shape index (κ3) is 3.97. The van der Waals surface area contributed by atoms with Crippen molar-refractivity contribution in [3.05, 3.63) is 35.4 Å². The zero-order chi connectivity index (χ0) is 12.0. The molecule has 0 bridgehead atoms. The van der Waals surface area contributed by atoms with Crippen molar-refractivity contribution in [3.8, 4) is 0 Å². The van der Waals surface area contributed by atoms with Gasteiger partial charge >= 0.3 is 0 Å². The van der Waals surface area contributed by atoms with Crippen LogP contribution in [0.15, 0.2) is 24.3 Å². The van der Waals surface area contributed by atoms with E-state index in [9.17, 15) is 0 Å². The summed E-state index contributed by atoms with van der Waals surface area (Å²) >= 11 is 0. The van der Waals surface area contributed by atoms with Crippen molar-refractivity contribution < 1.29 is 0 Å². The van der Waals surface area contributed by atoms with Gasteiger partial charge in [-0.25, -0.2) is 0 Å². The normalized spacial score (nSPS) is 14.8. The number of nitrogens with one attached hydrogen (secondary N) is 1. The first kappa shape index (κ1) is 13.2.